The highest BCUT2D eigenvalue weighted by Crippen LogP contribution is 1.88. The highest BCUT2D eigenvalue weighted by Gasteiger charge is 1.99. The molecule has 0 aromatic heterocycles. The lowest BCUT2D eigenvalue weighted by Gasteiger charge is -1.93. The van der Waals surface area contributed by atoms with Crippen LogP contribution < -0.4 is 5.73 Å². The minimum Gasteiger partial charge on any atom is -0.365 e. The first-order valence-corrected chi connectivity index (χ1v) is 1.58. The second kappa shape index (κ2) is 2.57. The molecule has 6 heteroatoms. The number of hydrogen-bond donors (Lipinski definition) is 1. The van der Waals surface area contributed by atoms with Crippen LogP contribution in [-0.2, 0) is 0 Å². The third-order valence-corrected chi connectivity index (χ3v) is 0.433. The fraction of sp³-hybridized carbons (Fsp3) is 0. The van der Waals surface area contributed by atoms with E-state index in [4.69, 9.17) is 0 Å². The lowest BCUT2D eigenvalue weighted by Crippen LogP contribution is -2.22. The van der Waals surface area contributed by atoms with Gasteiger partial charge in [-0.2, -0.15) is 0 Å². The van der Waals surface area contributed by atoms with Crippen LogP contribution in [0.4, 0.5) is 8.96 Å². The van der Waals surface area contributed by atoms with Crippen molar-refractivity contribution in [2.45, 2.75) is 0 Å². The number of rotatable bonds is 0. The minimum absolute atomic E-state index is 1.01. The Balaban J connectivity index is 3.56. The summed E-state index contributed by atoms with van der Waals surface area (Å²) >= 11 is 4.49. The lowest BCUT2D eigenvalue weighted by molar-refractivity contribution is -0.0749. The Hall–Kier alpha value is -0.580. The van der Waals surface area contributed by atoms with Gasteiger partial charge in [-0.3, -0.25) is 0 Å². The minimum atomic E-state index is -1.38. The Morgan fingerprint density at radius 1 is 1.71 bits per heavy atom. The van der Waals surface area contributed by atoms with E-state index in [0.717, 1.165) is 0 Å². The molecule has 42 valence electrons. The van der Waals surface area contributed by atoms with Crippen LogP contribution in [-0.4, -0.2) is 11.3 Å². The first kappa shape index (κ1) is 6.42. The van der Waals surface area contributed by atoms with Crippen molar-refractivity contribution in [2.24, 2.45) is 10.2 Å². The van der Waals surface area contributed by atoms with E-state index in [1.165, 1.54) is 0 Å². The van der Waals surface area contributed by atoms with Crippen LogP contribution in [0.2, 0.25) is 0 Å². The summed E-state index contributed by atoms with van der Waals surface area (Å²) in [7, 11) is 0. The van der Waals surface area contributed by atoms with Crippen molar-refractivity contribution in [2.75, 3.05) is 0 Å². The zero-order valence-electron chi connectivity index (χ0n) is 3.11. The first-order chi connectivity index (χ1) is 3.18. The summed E-state index contributed by atoms with van der Waals surface area (Å²) in [6, 6.07) is 0. The Labute approximate surface area is 43.4 Å². The summed E-state index contributed by atoms with van der Waals surface area (Å²) in [5.74, 6) is -1.01. The molecule has 0 aromatic rings. The fourth-order valence-electron chi connectivity index (χ4n) is 0.0286. The van der Waals surface area contributed by atoms with Crippen LogP contribution in [0, 0.1) is 0 Å². The molecule has 0 aliphatic carbocycles. The largest absolute Gasteiger partial charge is 0.365 e. The zero-order chi connectivity index (χ0) is 5.86. The molecule has 2 N–H and O–H groups in total. The molecule has 0 unspecified atom stereocenters. The Bertz CT molecular complexity index is 81.0. The van der Waals surface area contributed by atoms with Crippen molar-refractivity contribution in [3.63, 3.8) is 0 Å². The highest BCUT2D eigenvalue weighted by atomic mass is 35.5. The fourth-order valence-corrected chi connectivity index (χ4v) is 0.0857. The lowest BCUT2D eigenvalue weighted by atomic mass is 11.1. The molecule has 0 atom stereocenters. The smallest absolute Gasteiger partial charge is 0.271 e. The molecule has 7 heavy (non-hydrogen) atoms. The molecule has 0 aliphatic rings. The molecule has 0 radical (unpaired) electrons. The normalized spacial score (nSPS) is 11.6. The summed E-state index contributed by atoms with van der Waals surface area (Å²) in [5.41, 5.74) is 4.41. The molecule has 0 aliphatic heterocycles. The standard InChI is InChI=1S/CH2ClF2N3/c2-6-1(5)7(3)4/h(H2,5,6). The molecule has 0 fully saturated rings. The molecule has 0 saturated heterocycles. The number of nitrogens with two attached hydrogens (primary N) is 1. The Morgan fingerprint density at radius 2 is 2.14 bits per heavy atom. The van der Waals surface area contributed by atoms with Crippen molar-refractivity contribution >= 4 is 17.7 Å². The summed E-state index contributed by atoms with van der Waals surface area (Å²) in [4.78, 5) is 0. The van der Waals surface area contributed by atoms with E-state index < -0.39 is 11.3 Å². The van der Waals surface area contributed by atoms with Crippen molar-refractivity contribution in [1.29, 1.82) is 0 Å². The van der Waals surface area contributed by atoms with Crippen molar-refractivity contribution in [3.8, 4) is 0 Å². The number of guanidine groups is 1. The van der Waals surface area contributed by atoms with Gasteiger partial charge in [-0.15, -0.1) is 4.51 Å². The summed E-state index contributed by atoms with van der Waals surface area (Å²) in [6.07, 6.45) is 0. The van der Waals surface area contributed by atoms with Gasteiger partial charge >= 0.3 is 0 Å². The van der Waals surface area contributed by atoms with Crippen LogP contribution in [0.25, 0.3) is 0 Å². The van der Waals surface area contributed by atoms with Crippen molar-refractivity contribution in [3.05, 3.63) is 0 Å². The molecule has 0 rings (SSSR count). The Kier molecular flexibility index (Phi) is 2.36. The summed E-state index contributed by atoms with van der Waals surface area (Å²) in [6.45, 7) is 0. The Morgan fingerprint density at radius 3 is 2.14 bits per heavy atom. The van der Waals surface area contributed by atoms with E-state index in [0.29, 0.717) is 0 Å². The number of hydrogen-bond acceptors (Lipinski definition) is 1. The zero-order valence-corrected chi connectivity index (χ0v) is 3.86. The molecule has 0 bridgehead atoms. The van der Waals surface area contributed by atoms with Crippen molar-refractivity contribution < 1.29 is 8.96 Å². The van der Waals surface area contributed by atoms with E-state index in [9.17, 15) is 8.96 Å². The second-order valence-corrected chi connectivity index (χ2v) is 0.845. The maximum Gasteiger partial charge on any atom is 0.271 e. The van der Waals surface area contributed by atoms with E-state index >= 15 is 0 Å². The van der Waals surface area contributed by atoms with Gasteiger partial charge in [0.25, 0.3) is 5.96 Å². The molecule has 0 amide bonds. The molecule has 0 spiro atoms. The highest BCUT2D eigenvalue weighted by molar-refractivity contribution is 6.19. The third kappa shape index (κ3) is 2.16. The summed E-state index contributed by atoms with van der Waals surface area (Å²) in [5, 5.41) is -1.38. The van der Waals surface area contributed by atoms with Crippen LogP contribution in [0.1, 0.15) is 0 Å². The molecule has 0 saturated carbocycles. The van der Waals surface area contributed by atoms with Crippen LogP contribution >= 0.6 is 11.8 Å². The quantitative estimate of drug-likeness (QED) is 0.294. The first-order valence-electron chi connectivity index (χ1n) is 1.24. The van der Waals surface area contributed by atoms with Crippen LogP contribution in [0.15, 0.2) is 4.51 Å². The second-order valence-electron chi connectivity index (χ2n) is 0.676. The molecule has 3 nitrogen and oxygen atoms in total. The predicted molar refractivity (Wildman–Crippen MR) is 21.5 cm³/mol. The molecule has 0 aromatic carbocycles. The number of halogens is 3. The summed E-state index contributed by atoms with van der Waals surface area (Å²) < 4.78 is 24.3. The van der Waals surface area contributed by atoms with E-state index in [-0.39, 0.29) is 0 Å². The SMILES string of the molecule is NC(=NCl)N(F)F. The van der Waals surface area contributed by atoms with Crippen LogP contribution in [0.5, 0.6) is 0 Å². The third-order valence-electron chi connectivity index (χ3n) is 0.260. The van der Waals surface area contributed by atoms with E-state index in [1.807, 2.05) is 0 Å². The van der Waals surface area contributed by atoms with Gasteiger partial charge in [-0.25, -0.2) is 0 Å². The topological polar surface area (TPSA) is 41.6 Å². The van der Waals surface area contributed by atoms with Gasteiger partial charge in [0.05, 0.1) is 0 Å². The van der Waals surface area contributed by atoms with Gasteiger partial charge in [0.15, 0.2) is 0 Å². The van der Waals surface area contributed by atoms with Gasteiger partial charge in [-0.1, -0.05) is 8.96 Å². The maximum absolute atomic E-state index is 10.9. The average Bonchev–Trinajstić information content (AvgIpc) is 1.65. The molecular formula is CH2ClF2N3. The van der Waals surface area contributed by atoms with Crippen molar-refractivity contribution in [1.82, 2.24) is 5.34 Å². The monoisotopic (exact) mass is 129 g/mol. The molecule has 0 heterocycles. The van der Waals surface area contributed by atoms with Gasteiger partial charge in [-0.05, 0) is 5.34 Å². The average molecular weight is 129 g/mol. The predicted octanol–water partition coefficient (Wildman–Crippen LogP) is 0.526. The number of nitrogens with zero attached hydrogens (tertiary/aromatic N) is 2. The molecular weight excluding hydrogens is 127 g/mol. The van der Waals surface area contributed by atoms with Gasteiger partial charge < -0.3 is 5.73 Å². The van der Waals surface area contributed by atoms with E-state index in [1.54, 1.807) is 0 Å². The van der Waals surface area contributed by atoms with Gasteiger partial charge in [0.2, 0.25) is 0 Å². The van der Waals surface area contributed by atoms with Gasteiger partial charge in [0.1, 0.15) is 0 Å². The van der Waals surface area contributed by atoms with Gasteiger partial charge in [0, 0.05) is 11.8 Å². The van der Waals surface area contributed by atoms with E-state index in [2.05, 4.69) is 22.0 Å². The van der Waals surface area contributed by atoms with Crippen LogP contribution in [0.3, 0.4) is 0 Å². The maximum atomic E-state index is 10.9.